The predicted molar refractivity (Wildman–Crippen MR) is 73.5 cm³/mol. The molecule has 1 aliphatic heterocycles. The van der Waals surface area contributed by atoms with Crippen molar-refractivity contribution in [3.8, 4) is 0 Å². The van der Waals surface area contributed by atoms with E-state index in [1.807, 2.05) is 11.8 Å². The summed E-state index contributed by atoms with van der Waals surface area (Å²) in [5.41, 5.74) is 0. The molecular formula is C13H25NO2S. The van der Waals surface area contributed by atoms with Gasteiger partial charge in [-0.15, -0.1) is 0 Å². The molecule has 1 rings (SSSR count). The van der Waals surface area contributed by atoms with Gasteiger partial charge in [-0.1, -0.05) is 32.6 Å². The Labute approximate surface area is 109 Å². The van der Waals surface area contributed by atoms with Gasteiger partial charge in [0.2, 0.25) is 0 Å². The van der Waals surface area contributed by atoms with Gasteiger partial charge in [0.25, 0.3) is 0 Å². The Hall–Kier alpha value is -0.220. The van der Waals surface area contributed by atoms with E-state index in [-0.39, 0.29) is 5.97 Å². The summed E-state index contributed by atoms with van der Waals surface area (Å²) in [5, 5.41) is 3.35. The molecule has 1 saturated heterocycles. The number of hydrogen-bond donors (Lipinski definition) is 1. The zero-order valence-corrected chi connectivity index (χ0v) is 11.7. The molecule has 1 atom stereocenters. The molecule has 0 aromatic rings. The minimum atomic E-state index is -0.0412. The molecule has 0 bridgehead atoms. The Balaban J connectivity index is 1.93. The fourth-order valence-corrected chi connectivity index (χ4v) is 2.85. The highest BCUT2D eigenvalue weighted by Crippen LogP contribution is 2.11. The Morgan fingerprint density at radius 2 is 2.18 bits per heavy atom. The zero-order valence-electron chi connectivity index (χ0n) is 10.9. The standard InChI is InChI=1S/C13H25NO2S/c1-2-3-4-5-6-8-16-13(15)10-12-11-17-9-7-14-12/h12,14H,2-11H2,1H3. The monoisotopic (exact) mass is 259 g/mol. The summed E-state index contributed by atoms with van der Waals surface area (Å²) in [5.74, 6) is 2.15. The molecule has 17 heavy (non-hydrogen) atoms. The molecule has 0 amide bonds. The van der Waals surface area contributed by atoms with Crippen LogP contribution in [-0.4, -0.2) is 36.7 Å². The second kappa shape index (κ2) is 9.77. The SMILES string of the molecule is CCCCCCCOC(=O)CC1CSCCN1. The molecule has 0 aliphatic carbocycles. The Morgan fingerprint density at radius 1 is 1.35 bits per heavy atom. The van der Waals surface area contributed by atoms with Gasteiger partial charge in [-0.2, -0.15) is 11.8 Å². The van der Waals surface area contributed by atoms with Gasteiger partial charge in [0, 0.05) is 24.1 Å². The van der Waals surface area contributed by atoms with Crippen LogP contribution in [-0.2, 0) is 9.53 Å². The minimum absolute atomic E-state index is 0.0412. The van der Waals surface area contributed by atoms with Crippen LogP contribution in [0.3, 0.4) is 0 Å². The number of ether oxygens (including phenoxy) is 1. The molecule has 4 heteroatoms. The van der Waals surface area contributed by atoms with Crippen LogP contribution in [0, 0.1) is 0 Å². The van der Waals surface area contributed by atoms with Gasteiger partial charge < -0.3 is 10.1 Å². The Kier molecular flexibility index (Phi) is 8.53. The normalized spacial score (nSPS) is 20.2. The second-order valence-corrected chi connectivity index (χ2v) is 5.71. The Bertz CT molecular complexity index is 206. The second-order valence-electron chi connectivity index (χ2n) is 4.56. The van der Waals surface area contributed by atoms with E-state index in [0.29, 0.717) is 19.1 Å². The van der Waals surface area contributed by atoms with Crippen LogP contribution in [0.1, 0.15) is 45.4 Å². The molecule has 3 nitrogen and oxygen atoms in total. The third-order valence-corrected chi connectivity index (χ3v) is 4.05. The van der Waals surface area contributed by atoms with Crippen LogP contribution >= 0.6 is 11.8 Å². The van der Waals surface area contributed by atoms with E-state index in [2.05, 4.69) is 12.2 Å². The maximum atomic E-state index is 11.5. The van der Waals surface area contributed by atoms with Crippen molar-refractivity contribution in [2.75, 3.05) is 24.7 Å². The number of hydrogen-bond acceptors (Lipinski definition) is 4. The molecule has 0 spiro atoms. The molecular weight excluding hydrogens is 234 g/mol. The van der Waals surface area contributed by atoms with Crippen LogP contribution in [0.4, 0.5) is 0 Å². The third kappa shape index (κ3) is 7.66. The summed E-state index contributed by atoms with van der Waals surface area (Å²) in [6.07, 6.45) is 6.52. The van der Waals surface area contributed by atoms with Crippen molar-refractivity contribution in [3.63, 3.8) is 0 Å². The number of carbonyl (C=O) groups is 1. The van der Waals surface area contributed by atoms with Crippen LogP contribution in [0.5, 0.6) is 0 Å². The average molecular weight is 259 g/mol. The smallest absolute Gasteiger partial charge is 0.307 e. The van der Waals surface area contributed by atoms with Crippen molar-refractivity contribution >= 4 is 17.7 Å². The van der Waals surface area contributed by atoms with Crippen LogP contribution in [0.25, 0.3) is 0 Å². The lowest BCUT2D eigenvalue weighted by atomic mass is 10.2. The summed E-state index contributed by atoms with van der Waals surface area (Å²) in [7, 11) is 0. The minimum Gasteiger partial charge on any atom is -0.466 e. The first-order valence-electron chi connectivity index (χ1n) is 6.79. The topological polar surface area (TPSA) is 38.3 Å². The lowest BCUT2D eigenvalue weighted by Crippen LogP contribution is -2.39. The fourth-order valence-electron chi connectivity index (χ4n) is 1.90. The van der Waals surface area contributed by atoms with E-state index in [4.69, 9.17) is 4.74 Å². The molecule has 0 saturated carbocycles. The van der Waals surface area contributed by atoms with Gasteiger partial charge in [0.15, 0.2) is 0 Å². The van der Waals surface area contributed by atoms with E-state index in [1.165, 1.54) is 25.7 Å². The highest BCUT2D eigenvalue weighted by atomic mass is 32.2. The highest BCUT2D eigenvalue weighted by molar-refractivity contribution is 7.99. The van der Waals surface area contributed by atoms with Crippen LogP contribution in [0.15, 0.2) is 0 Å². The largest absolute Gasteiger partial charge is 0.466 e. The molecule has 0 aromatic heterocycles. The van der Waals surface area contributed by atoms with Crippen LogP contribution in [0.2, 0.25) is 0 Å². The first-order valence-corrected chi connectivity index (χ1v) is 7.95. The Morgan fingerprint density at radius 3 is 2.88 bits per heavy atom. The van der Waals surface area contributed by atoms with Crippen LogP contribution < -0.4 is 5.32 Å². The quantitative estimate of drug-likeness (QED) is 0.537. The third-order valence-electron chi connectivity index (χ3n) is 2.92. The number of rotatable bonds is 8. The summed E-state index contributed by atoms with van der Waals surface area (Å²) >= 11 is 1.91. The maximum Gasteiger partial charge on any atom is 0.307 e. The lowest BCUT2D eigenvalue weighted by molar-refractivity contribution is -0.144. The molecule has 1 unspecified atom stereocenters. The first-order chi connectivity index (χ1) is 8.33. The first kappa shape index (κ1) is 14.8. The summed E-state index contributed by atoms with van der Waals surface area (Å²) in [6.45, 7) is 3.82. The molecule has 0 aromatic carbocycles. The molecule has 0 radical (unpaired) electrons. The van der Waals surface area contributed by atoms with Gasteiger partial charge in [-0.05, 0) is 6.42 Å². The number of carbonyl (C=O) groups excluding carboxylic acids is 1. The van der Waals surface area contributed by atoms with Crippen molar-refractivity contribution in [1.82, 2.24) is 5.32 Å². The fraction of sp³-hybridized carbons (Fsp3) is 0.923. The van der Waals surface area contributed by atoms with Crippen molar-refractivity contribution in [3.05, 3.63) is 0 Å². The van der Waals surface area contributed by atoms with E-state index in [1.54, 1.807) is 0 Å². The molecule has 100 valence electrons. The lowest BCUT2D eigenvalue weighted by Gasteiger charge is -2.22. The van der Waals surface area contributed by atoms with Crippen molar-refractivity contribution in [1.29, 1.82) is 0 Å². The van der Waals surface area contributed by atoms with Gasteiger partial charge in [0.1, 0.15) is 0 Å². The predicted octanol–water partition coefficient (Wildman–Crippen LogP) is 2.60. The number of nitrogens with one attached hydrogen (secondary N) is 1. The number of thioether (sulfide) groups is 1. The summed E-state index contributed by atoms with van der Waals surface area (Å²) in [4.78, 5) is 11.5. The van der Waals surface area contributed by atoms with E-state index in [9.17, 15) is 4.79 Å². The van der Waals surface area contributed by atoms with Gasteiger partial charge in [-0.3, -0.25) is 4.79 Å². The van der Waals surface area contributed by atoms with Crippen molar-refractivity contribution in [2.45, 2.75) is 51.5 Å². The van der Waals surface area contributed by atoms with Gasteiger partial charge in [0.05, 0.1) is 13.0 Å². The van der Waals surface area contributed by atoms with Crippen molar-refractivity contribution < 1.29 is 9.53 Å². The van der Waals surface area contributed by atoms with Crippen molar-refractivity contribution in [2.24, 2.45) is 0 Å². The molecule has 1 fully saturated rings. The molecule has 1 N–H and O–H groups in total. The van der Waals surface area contributed by atoms with E-state index < -0.39 is 0 Å². The number of unbranched alkanes of at least 4 members (excludes halogenated alkanes) is 4. The number of esters is 1. The van der Waals surface area contributed by atoms with E-state index in [0.717, 1.165) is 24.5 Å². The van der Waals surface area contributed by atoms with Gasteiger partial charge in [-0.25, -0.2) is 0 Å². The molecule has 1 aliphatic rings. The highest BCUT2D eigenvalue weighted by Gasteiger charge is 2.17. The summed E-state index contributed by atoms with van der Waals surface area (Å²) in [6, 6.07) is 0.321. The summed E-state index contributed by atoms with van der Waals surface area (Å²) < 4.78 is 5.24. The maximum absolute atomic E-state index is 11.5. The van der Waals surface area contributed by atoms with E-state index >= 15 is 0 Å². The van der Waals surface area contributed by atoms with Gasteiger partial charge >= 0.3 is 5.97 Å². The molecule has 1 heterocycles. The average Bonchev–Trinajstić information content (AvgIpc) is 2.35. The zero-order chi connectivity index (χ0) is 12.3.